The molecule has 0 aliphatic carbocycles. The van der Waals surface area contributed by atoms with Crippen LogP contribution in [0.4, 0.5) is 0 Å². The van der Waals surface area contributed by atoms with Crippen molar-refractivity contribution in [2.45, 2.75) is 298 Å². The van der Waals surface area contributed by atoms with E-state index in [1.54, 1.807) is 6.08 Å². The minimum Gasteiger partial charge on any atom is -0.394 e. The number of hydrogen-bond donors (Lipinski definition) is 12. The van der Waals surface area contributed by atoms with Crippen LogP contribution >= 0.6 is 0 Å². The summed E-state index contributed by atoms with van der Waals surface area (Å²) in [6.45, 7) is 1.51. The van der Waals surface area contributed by atoms with Crippen molar-refractivity contribution in [1.82, 2.24) is 5.32 Å². The van der Waals surface area contributed by atoms with Gasteiger partial charge in [-0.3, -0.25) is 4.79 Å². The molecule has 19 heteroatoms. The van der Waals surface area contributed by atoms with E-state index in [0.717, 1.165) is 77.0 Å². The second kappa shape index (κ2) is 47.9. The van der Waals surface area contributed by atoms with E-state index < -0.39 is 124 Å². The van der Waals surface area contributed by atoms with Gasteiger partial charge in [0, 0.05) is 6.42 Å². The minimum absolute atomic E-state index is 0.231. The number of ether oxygens (including phenoxy) is 6. The summed E-state index contributed by atoms with van der Waals surface area (Å²) in [5.74, 6) is -0.292. The molecule has 17 unspecified atom stereocenters. The van der Waals surface area contributed by atoms with Crippen LogP contribution in [0.25, 0.3) is 0 Å². The van der Waals surface area contributed by atoms with E-state index in [2.05, 4.69) is 92.1 Å². The van der Waals surface area contributed by atoms with Gasteiger partial charge >= 0.3 is 0 Å². The van der Waals surface area contributed by atoms with Crippen molar-refractivity contribution in [3.05, 3.63) is 85.1 Å². The molecule has 0 saturated carbocycles. The summed E-state index contributed by atoms with van der Waals surface area (Å²) in [5.41, 5.74) is 0. The average Bonchev–Trinajstić information content (AvgIpc) is 2.29. The van der Waals surface area contributed by atoms with Crippen molar-refractivity contribution < 1.29 is 89.4 Å². The third-order valence-corrected chi connectivity index (χ3v) is 15.7. The molecule has 12 N–H and O–H groups in total. The van der Waals surface area contributed by atoms with E-state index in [1.165, 1.54) is 83.5 Å². The Morgan fingerprint density at radius 2 is 0.824 bits per heavy atom. The van der Waals surface area contributed by atoms with Crippen LogP contribution in [0, 0.1) is 0 Å². The first-order valence-electron chi connectivity index (χ1n) is 32.3. The number of rotatable bonds is 47. The van der Waals surface area contributed by atoms with Crippen LogP contribution < -0.4 is 5.32 Å². The zero-order chi connectivity index (χ0) is 61.9. The van der Waals surface area contributed by atoms with Gasteiger partial charge in [-0.2, -0.15) is 0 Å². The number of aliphatic hydroxyl groups is 11. The number of allylic oxidation sites excluding steroid dienone is 13. The third-order valence-electron chi connectivity index (χ3n) is 15.7. The molecule has 3 saturated heterocycles. The number of nitrogens with one attached hydrogen (secondary N) is 1. The van der Waals surface area contributed by atoms with Crippen molar-refractivity contribution in [3.8, 4) is 0 Å². The number of unbranched alkanes of at least 4 members (excludes halogenated alkanes) is 19. The van der Waals surface area contributed by atoms with Crippen LogP contribution in [0.2, 0.25) is 0 Å². The van der Waals surface area contributed by atoms with Gasteiger partial charge in [-0.25, -0.2) is 0 Å². The van der Waals surface area contributed by atoms with E-state index in [4.69, 9.17) is 28.4 Å². The molecule has 0 radical (unpaired) electrons. The molecule has 0 spiro atoms. The first-order valence-corrected chi connectivity index (χ1v) is 32.3. The van der Waals surface area contributed by atoms with Gasteiger partial charge in [-0.05, 0) is 77.0 Å². The monoisotopic (exact) mass is 1210 g/mol. The molecule has 0 bridgehead atoms. The lowest BCUT2D eigenvalue weighted by molar-refractivity contribution is -0.379. The number of carbonyl (C=O) groups is 1. The Hall–Kier alpha value is -3.03. The first kappa shape index (κ1) is 76.2. The van der Waals surface area contributed by atoms with Crippen LogP contribution in [-0.4, -0.2) is 193 Å². The molecular weight excluding hydrogens is 1090 g/mol. The summed E-state index contributed by atoms with van der Waals surface area (Å²) >= 11 is 0. The molecule has 3 heterocycles. The maximum absolute atomic E-state index is 13.3. The van der Waals surface area contributed by atoms with Gasteiger partial charge < -0.3 is 89.9 Å². The Labute approximate surface area is 508 Å². The predicted octanol–water partition coefficient (Wildman–Crippen LogP) is 7.15. The Bertz CT molecular complexity index is 1880. The van der Waals surface area contributed by atoms with Gasteiger partial charge in [0.25, 0.3) is 0 Å². The zero-order valence-electron chi connectivity index (χ0n) is 51.3. The van der Waals surface area contributed by atoms with E-state index in [9.17, 15) is 61.0 Å². The number of aliphatic hydroxyl groups excluding tert-OH is 11. The highest BCUT2D eigenvalue weighted by Crippen LogP contribution is 2.33. The summed E-state index contributed by atoms with van der Waals surface area (Å²) in [6.07, 6.45) is 33.2. The van der Waals surface area contributed by atoms with Gasteiger partial charge in [0.05, 0.1) is 38.6 Å². The number of hydrogen-bond acceptors (Lipinski definition) is 18. The van der Waals surface area contributed by atoms with Crippen LogP contribution in [-0.2, 0) is 33.2 Å². The number of carbonyl (C=O) groups excluding carboxylic acids is 1. The average molecular weight is 1210 g/mol. The minimum atomic E-state index is -1.98. The lowest BCUT2D eigenvalue weighted by Gasteiger charge is -2.48. The molecule has 17 atom stereocenters. The molecule has 85 heavy (non-hydrogen) atoms. The molecular formula is C66H113NO18. The standard InChI is InChI=1S/C66H113NO18/c1-3-5-7-9-11-13-14-15-16-17-18-19-20-21-22-23-24-25-26-27-28-29-30-31-32-33-34-36-38-40-42-44-54(72)67-49(50(71)43-41-39-37-35-12-10-8-6-4-2)48-80-64-60(78)57(75)62(52(46-69)82-64)85-66-61(79)58(76)63(53(47-70)83-66)84-65-59(77)56(74)55(73)51(45-68)81-65/h5,7,11-13,15-16,18-19,21-22,35,41,43,49-53,55-66,68-71,73-79H,3-4,6,8-10,14,17,20,23-34,36-40,42,44-48H2,1-2H3,(H,67,72)/b7-5-,13-11-,16-15-,19-18-,22-21-,35-12+,43-41+. The second-order valence-corrected chi connectivity index (χ2v) is 22.8. The molecule has 0 aromatic heterocycles. The van der Waals surface area contributed by atoms with Crippen LogP contribution in [0.5, 0.6) is 0 Å². The molecule has 3 aliphatic heterocycles. The molecule has 490 valence electrons. The van der Waals surface area contributed by atoms with E-state index in [1.807, 2.05) is 6.08 Å². The Morgan fingerprint density at radius 3 is 1.32 bits per heavy atom. The van der Waals surface area contributed by atoms with Crippen LogP contribution in [0.1, 0.15) is 194 Å². The van der Waals surface area contributed by atoms with Crippen LogP contribution in [0.15, 0.2) is 85.1 Å². The fraction of sp³-hybridized carbons (Fsp3) is 0.773. The molecule has 3 aliphatic rings. The predicted molar refractivity (Wildman–Crippen MR) is 328 cm³/mol. The van der Waals surface area contributed by atoms with Crippen molar-refractivity contribution >= 4 is 5.91 Å². The maximum atomic E-state index is 13.3. The van der Waals surface area contributed by atoms with Gasteiger partial charge in [-0.1, -0.05) is 195 Å². The fourth-order valence-corrected chi connectivity index (χ4v) is 10.4. The molecule has 3 fully saturated rings. The van der Waals surface area contributed by atoms with Gasteiger partial charge in [0.2, 0.25) is 5.91 Å². The Morgan fingerprint density at radius 1 is 0.435 bits per heavy atom. The van der Waals surface area contributed by atoms with E-state index in [0.29, 0.717) is 12.8 Å². The summed E-state index contributed by atoms with van der Waals surface area (Å²) < 4.78 is 34.2. The lowest BCUT2D eigenvalue weighted by atomic mass is 9.96. The molecule has 0 aromatic carbocycles. The van der Waals surface area contributed by atoms with Crippen LogP contribution in [0.3, 0.4) is 0 Å². The molecule has 3 rings (SSSR count). The highest BCUT2D eigenvalue weighted by atomic mass is 16.8. The second-order valence-electron chi connectivity index (χ2n) is 22.8. The van der Waals surface area contributed by atoms with Crippen molar-refractivity contribution in [2.24, 2.45) is 0 Å². The third kappa shape index (κ3) is 30.8. The van der Waals surface area contributed by atoms with Gasteiger partial charge in [0.1, 0.15) is 73.2 Å². The largest absolute Gasteiger partial charge is 0.394 e. The van der Waals surface area contributed by atoms with E-state index >= 15 is 0 Å². The smallest absolute Gasteiger partial charge is 0.220 e. The highest BCUT2D eigenvalue weighted by Gasteiger charge is 2.53. The molecule has 0 aromatic rings. The Balaban J connectivity index is 1.36. The normalized spacial score (nSPS) is 29.5. The quantitative estimate of drug-likeness (QED) is 0.0213. The van der Waals surface area contributed by atoms with Crippen molar-refractivity contribution in [2.75, 3.05) is 26.4 Å². The zero-order valence-corrected chi connectivity index (χ0v) is 51.3. The van der Waals surface area contributed by atoms with Gasteiger partial charge in [0.15, 0.2) is 18.9 Å². The highest BCUT2D eigenvalue weighted by molar-refractivity contribution is 5.76. The maximum Gasteiger partial charge on any atom is 0.220 e. The summed E-state index contributed by atoms with van der Waals surface area (Å²) in [6, 6.07) is -0.991. The topological polar surface area (TPSA) is 307 Å². The van der Waals surface area contributed by atoms with Gasteiger partial charge in [-0.15, -0.1) is 0 Å². The first-order chi connectivity index (χ1) is 41.3. The molecule has 19 nitrogen and oxygen atoms in total. The molecule has 1 amide bonds. The Kier molecular flexibility index (Phi) is 43.0. The van der Waals surface area contributed by atoms with E-state index in [-0.39, 0.29) is 18.9 Å². The fourth-order valence-electron chi connectivity index (χ4n) is 10.4. The lowest BCUT2D eigenvalue weighted by Crippen LogP contribution is -2.66. The van der Waals surface area contributed by atoms with Crippen molar-refractivity contribution in [1.29, 1.82) is 0 Å². The summed E-state index contributed by atoms with van der Waals surface area (Å²) in [7, 11) is 0. The number of amides is 1. The van der Waals surface area contributed by atoms with Crippen molar-refractivity contribution in [3.63, 3.8) is 0 Å². The summed E-state index contributed by atoms with van der Waals surface area (Å²) in [5, 5.41) is 120. The SMILES string of the molecule is CC/C=C\C/C=C\C/C=C\C/C=C\C/C=C\CCCCCCCCCCCCCCCCCC(=O)NC(COC1OC(CO)C(OC2OC(CO)C(OC3OC(CO)C(O)C(O)C3O)C(O)C2O)C(O)C1O)C(O)/C=C/CC/C=C/CCCCC. The summed E-state index contributed by atoms with van der Waals surface area (Å²) in [4.78, 5) is 13.3.